The van der Waals surface area contributed by atoms with Crippen molar-refractivity contribution in [2.45, 2.75) is 12.1 Å². The molecule has 0 saturated carbocycles. The van der Waals surface area contributed by atoms with E-state index in [1.807, 2.05) is 18.2 Å². The number of hydrogen-bond donors (Lipinski definition) is 1. The Morgan fingerprint density at radius 3 is 2.64 bits per heavy atom. The van der Waals surface area contributed by atoms with Crippen LogP contribution in [0.1, 0.15) is 11.6 Å². The third-order valence-corrected chi connectivity index (χ3v) is 2.96. The van der Waals surface area contributed by atoms with E-state index >= 15 is 0 Å². The number of hydrogen-bond acceptors (Lipinski definition) is 2. The van der Waals surface area contributed by atoms with E-state index in [1.165, 1.54) is 0 Å². The second-order valence-corrected chi connectivity index (χ2v) is 3.85. The lowest BCUT2D eigenvalue weighted by atomic mass is 9.90. The second kappa shape index (κ2) is 3.26. The standard InChI is InChI=1S/C10H11ClN2O/c1-13-9(8(12)10(13)14)6-4-2-3-5-7(6)11/h2-5,8-9H,12H2,1H3/t8-,9-/m0/s1. The highest BCUT2D eigenvalue weighted by Crippen LogP contribution is 2.35. The van der Waals surface area contributed by atoms with Gasteiger partial charge >= 0.3 is 0 Å². The third-order valence-electron chi connectivity index (χ3n) is 2.61. The van der Waals surface area contributed by atoms with Crippen molar-refractivity contribution < 1.29 is 4.79 Å². The summed E-state index contributed by atoms with van der Waals surface area (Å²) in [7, 11) is 1.74. The van der Waals surface area contributed by atoms with Gasteiger partial charge in [0.25, 0.3) is 0 Å². The molecule has 1 fully saturated rings. The normalized spacial score (nSPS) is 26.2. The SMILES string of the molecule is CN1C(=O)[C@@H](N)[C@@H]1c1ccccc1Cl. The average molecular weight is 211 g/mol. The number of rotatable bonds is 1. The van der Waals surface area contributed by atoms with Gasteiger partial charge in [-0.1, -0.05) is 29.8 Å². The van der Waals surface area contributed by atoms with Crippen LogP contribution in [0.5, 0.6) is 0 Å². The number of nitrogens with two attached hydrogens (primary N) is 1. The largest absolute Gasteiger partial charge is 0.335 e. The van der Waals surface area contributed by atoms with Gasteiger partial charge in [0.05, 0.1) is 6.04 Å². The van der Waals surface area contributed by atoms with Gasteiger partial charge in [0.2, 0.25) is 5.91 Å². The number of carbonyl (C=O) groups excluding carboxylic acids is 1. The number of benzene rings is 1. The van der Waals surface area contributed by atoms with Crippen LogP contribution in [0, 0.1) is 0 Å². The molecule has 1 heterocycles. The predicted molar refractivity (Wildman–Crippen MR) is 54.9 cm³/mol. The molecule has 3 nitrogen and oxygen atoms in total. The van der Waals surface area contributed by atoms with Crippen molar-refractivity contribution in [1.29, 1.82) is 0 Å². The lowest BCUT2D eigenvalue weighted by Crippen LogP contribution is -2.61. The van der Waals surface area contributed by atoms with Gasteiger partial charge in [-0.2, -0.15) is 0 Å². The van der Waals surface area contributed by atoms with Gasteiger partial charge in [-0.15, -0.1) is 0 Å². The molecule has 14 heavy (non-hydrogen) atoms. The molecule has 4 heteroatoms. The molecule has 2 N–H and O–H groups in total. The van der Waals surface area contributed by atoms with Gasteiger partial charge in [0.1, 0.15) is 6.04 Å². The lowest BCUT2D eigenvalue weighted by molar-refractivity contribution is -0.146. The van der Waals surface area contributed by atoms with Crippen LogP contribution in [0.3, 0.4) is 0 Å². The Kier molecular flexibility index (Phi) is 2.21. The minimum atomic E-state index is -0.445. The summed E-state index contributed by atoms with van der Waals surface area (Å²) in [5.74, 6) is -0.0325. The maximum absolute atomic E-state index is 11.2. The molecular weight excluding hydrogens is 200 g/mol. The summed E-state index contributed by atoms with van der Waals surface area (Å²) in [6.45, 7) is 0. The highest BCUT2D eigenvalue weighted by molar-refractivity contribution is 6.31. The zero-order valence-corrected chi connectivity index (χ0v) is 8.53. The van der Waals surface area contributed by atoms with E-state index in [4.69, 9.17) is 17.3 Å². The van der Waals surface area contributed by atoms with Gasteiger partial charge in [0.15, 0.2) is 0 Å². The first-order chi connectivity index (χ1) is 6.63. The number of nitrogens with zero attached hydrogens (tertiary/aromatic N) is 1. The molecule has 2 rings (SSSR count). The molecule has 1 aromatic carbocycles. The van der Waals surface area contributed by atoms with Crippen LogP contribution in [0.15, 0.2) is 24.3 Å². The molecule has 74 valence electrons. The quantitative estimate of drug-likeness (QED) is 0.708. The first-order valence-electron chi connectivity index (χ1n) is 4.39. The summed E-state index contributed by atoms with van der Waals surface area (Å²) in [5.41, 5.74) is 6.63. The van der Waals surface area contributed by atoms with Gasteiger partial charge < -0.3 is 10.6 Å². The van der Waals surface area contributed by atoms with E-state index in [2.05, 4.69) is 0 Å². The maximum Gasteiger partial charge on any atom is 0.242 e. The van der Waals surface area contributed by atoms with Crippen LogP contribution in [-0.2, 0) is 4.79 Å². The highest BCUT2D eigenvalue weighted by Gasteiger charge is 2.43. The molecular formula is C10H11ClN2O. The predicted octanol–water partition coefficient (Wildman–Crippen LogP) is 1.18. The monoisotopic (exact) mass is 210 g/mol. The van der Waals surface area contributed by atoms with E-state index in [9.17, 15) is 4.79 Å². The van der Waals surface area contributed by atoms with Crippen LogP contribution in [0.25, 0.3) is 0 Å². The minimum Gasteiger partial charge on any atom is -0.335 e. The maximum atomic E-state index is 11.2. The molecule has 0 spiro atoms. The summed E-state index contributed by atoms with van der Waals surface area (Å²) in [5, 5.41) is 0.660. The summed E-state index contributed by atoms with van der Waals surface area (Å²) in [6, 6.07) is 6.94. The summed E-state index contributed by atoms with van der Waals surface area (Å²) in [6.07, 6.45) is 0. The Labute approximate surface area is 87.4 Å². The Morgan fingerprint density at radius 1 is 1.43 bits per heavy atom. The molecule has 1 aliphatic rings. The number of amides is 1. The summed E-state index contributed by atoms with van der Waals surface area (Å²) in [4.78, 5) is 12.8. The Bertz CT molecular complexity index is 368. The molecule has 0 radical (unpaired) electrons. The van der Waals surface area contributed by atoms with E-state index in [-0.39, 0.29) is 11.9 Å². The zero-order valence-electron chi connectivity index (χ0n) is 7.77. The first-order valence-corrected chi connectivity index (χ1v) is 4.77. The molecule has 1 aromatic rings. The average Bonchev–Trinajstić information content (AvgIpc) is 2.21. The van der Waals surface area contributed by atoms with Crippen LogP contribution < -0.4 is 5.73 Å². The van der Waals surface area contributed by atoms with Crippen molar-refractivity contribution in [3.05, 3.63) is 34.9 Å². The van der Waals surface area contributed by atoms with E-state index in [0.29, 0.717) is 5.02 Å². The van der Waals surface area contributed by atoms with Crippen molar-refractivity contribution in [3.63, 3.8) is 0 Å². The van der Waals surface area contributed by atoms with E-state index in [0.717, 1.165) is 5.56 Å². The van der Waals surface area contributed by atoms with Gasteiger partial charge in [-0.05, 0) is 11.6 Å². The fourth-order valence-electron chi connectivity index (χ4n) is 1.78. The first kappa shape index (κ1) is 9.49. The topological polar surface area (TPSA) is 46.3 Å². The number of carbonyl (C=O) groups is 1. The molecule has 2 atom stereocenters. The fourth-order valence-corrected chi connectivity index (χ4v) is 2.03. The van der Waals surface area contributed by atoms with Crippen molar-refractivity contribution in [2.75, 3.05) is 7.05 Å². The van der Waals surface area contributed by atoms with Crippen LogP contribution in [-0.4, -0.2) is 23.9 Å². The zero-order chi connectivity index (χ0) is 10.3. The number of β-lactam (4-membered cyclic amide) rings is 1. The van der Waals surface area contributed by atoms with Crippen molar-refractivity contribution in [2.24, 2.45) is 5.73 Å². The Morgan fingerprint density at radius 2 is 2.07 bits per heavy atom. The Balaban J connectivity index is 2.33. The van der Waals surface area contributed by atoms with E-state index in [1.54, 1.807) is 18.0 Å². The number of likely N-dealkylation sites (tertiary alicyclic amines) is 1. The van der Waals surface area contributed by atoms with Gasteiger partial charge in [-0.3, -0.25) is 4.79 Å². The fraction of sp³-hybridized carbons (Fsp3) is 0.300. The molecule has 1 amide bonds. The smallest absolute Gasteiger partial charge is 0.242 e. The number of halogens is 1. The summed E-state index contributed by atoms with van der Waals surface area (Å²) >= 11 is 6.02. The van der Waals surface area contributed by atoms with Gasteiger partial charge in [-0.25, -0.2) is 0 Å². The molecule has 1 aliphatic heterocycles. The molecule has 1 saturated heterocycles. The molecule has 0 bridgehead atoms. The molecule has 0 aliphatic carbocycles. The lowest BCUT2D eigenvalue weighted by Gasteiger charge is -2.43. The molecule has 0 unspecified atom stereocenters. The van der Waals surface area contributed by atoms with Crippen molar-refractivity contribution in [3.8, 4) is 0 Å². The third kappa shape index (κ3) is 1.21. The van der Waals surface area contributed by atoms with Crippen LogP contribution in [0.2, 0.25) is 5.02 Å². The van der Waals surface area contributed by atoms with Crippen LogP contribution >= 0.6 is 11.6 Å². The van der Waals surface area contributed by atoms with Crippen LogP contribution in [0.4, 0.5) is 0 Å². The highest BCUT2D eigenvalue weighted by atomic mass is 35.5. The summed E-state index contributed by atoms with van der Waals surface area (Å²) < 4.78 is 0. The Hall–Kier alpha value is -1.06. The van der Waals surface area contributed by atoms with E-state index < -0.39 is 6.04 Å². The number of likely N-dealkylation sites (N-methyl/N-ethyl adjacent to an activating group) is 1. The van der Waals surface area contributed by atoms with Crippen molar-refractivity contribution in [1.82, 2.24) is 4.90 Å². The minimum absolute atomic E-state index is 0.0325. The molecule has 0 aromatic heterocycles. The van der Waals surface area contributed by atoms with Crippen molar-refractivity contribution >= 4 is 17.5 Å². The van der Waals surface area contributed by atoms with Gasteiger partial charge in [0, 0.05) is 12.1 Å². The second-order valence-electron chi connectivity index (χ2n) is 3.44.